The molecule has 0 N–H and O–H groups in total. The van der Waals surface area contributed by atoms with Crippen molar-refractivity contribution in [2.45, 2.75) is 0 Å². The maximum atomic E-state index is 6.48. The first kappa shape index (κ1) is 33.6. The first-order valence-corrected chi connectivity index (χ1v) is 19.8. The van der Waals surface area contributed by atoms with E-state index in [-0.39, 0.29) is 0 Å². The molecule has 1 aromatic heterocycles. The highest BCUT2D eigenvalue weighted by molar-refractivity contribution is 6.11. The number of para-hydroxylation sites is 1. The van der Waals surface area contributed by atoms with Gasteiger partial charge in [0, 0.05) is 33.4 Å². The van der Waals surface area contributed by atoms with E-state index in [1.807, 2.05) is 6.07 Å². The van der Waals surface area contributed by atoms with Crippen LogP contribution in [0.25, 0.3) is 88.0 Å². The number of furan rings is 1. The van der Waals surface area contributed by atoms with Gasteiger partial charge >= 0.3 is 0 Å². The van der Waals surface area contributed by atoms with Gasteiger partial charge in [0.1, 0.15) is 11.2 Å². The van der Waals surface area contributed by atoms with Gasteiger partial charge in [0.2, 0.25) is 0 Å². The molecule has 0 unspecified atom stereocenters. The highest BCUT2D eigenvalue weighted by atomic mass is 16.3. The van der Waals surface area contributed by atoms with Gasteiger partial charge in [-0.15, -0.1) is 0 Å². The molecule has 0 saturated carbocycles. The highest BCUT2D eigenvalue weighted by Gasteiger charge is 2.16. The van der Waals surface area contributed by atoms with E-state index in [0.717, 1.165) is 61.3 Å². The maximum absolute atomic E-state index is 6.48. The van der Waals surface area contributed by atoms with Crippen LogP contribution < -0.4 is 4.90 Å². The summed E-state index contributed by atoms with van der Waals surface area (Å²) in [5.74, 6) is 0. The molecule has 0 fully saturated rings. The summed E-state index contributed by atoms with van der Waals surface area (Å²) in [7, 11) is 0. The minimum Gasteiger partial charge on any atom is -0.455 e. The lowest BCUT2D eigenvalue weighted by Crippen LogP contribution is -2.09. The summed E-state index contributed by atoms with van der Waals surface area (Å²) in [6.07, 6.45) is 0. The van der Waals surface area contributed by atoms with Crippen molar-refractivity contribution < 1.29 is 4.42 Å². The van der Waals surface area contributed by atoms with Crippen molar-refractivity contribution in [3.8, 4) is 44.5 Å². The molecular formula is C56H37NO. The van der Waals surface area contributed by atoms with Crippen molar-refractivity contribution in [1.29, 1.82) is 0 Å². The Bertz CT molecular complexity index is 3240. The lowest BCUT2D eigenvalue weighted by atomic mass is 9.97. The summed E-state index contributed by atoms with van der Waals surface area (Å²) in [6.45, 7) is 0. The first-order valence-electron chi connectivity index (χ1n) is 19.8. The summed E-state index contributed by atoms with van der Waals surface area (Å²) in [4.78, 5) is 2.34. The number of rotatable bonds is 7. The van der Waals surface area contributed by atoms with E-state index in [9.17, 15) is 0 Å². The smallest absolute Gasteiger partial charge is 0.143 e. The Hall–Kier alpha value is -7.68. The fourth-order valence-corrected chi connectivity index (χ4v) is 8.49. The van der Waals surface area contributed by atoms with Crippen LogP contribution in [-0.4, -0.2) is 0 Å². The Labute approximate surface area is 337 Å². The number of hydrogen-bond acceptors (Lipinski definition) is 2. The van der Waals surface area contributed by atoms with Gasteiger partial charge in [-0.05, 0) is 115 Å². The first-order chi connectivity index (χ1) is 28.7. The molecule has 11 rings (SSSR count). The molecule has 11 aromatic rings. The minimum atomic E-state index is 0.893. The highest BCUT2D eigenvalue weighted by Crippen LogP contribution is 2.40. The summed E-state index contributed by atoms with van der Waals surface area (Å²) in [5, 5.41) is 7.31. The third-order valence-corrected chi connectivity index (χ3v) is 11.5. The molecule has 0 radical (unpaired) electrons. The predicted molar refractivity (Wildman–Crippen MR) is 245 cm³/mol. The van der Waals surface area contributed by atoms with Crippen LogP contribution in [0.1, 0.15) is 0 Å². The molecule has 0 aliphatic carbocycles. The molecule has 0 aliphatic rings. The van der Waals surface area contributed by atoms with E-state index in [0.29, 0.717) is 0 Å². The normalized spacial score (nSPS) is 11.4. The zero-order valence-electron chi connectivity index (χ0n) is 31.7. The number of benzene rings is 10. The summed E-state index contributed by atoms with van der Waals surface area (Å²) in [5.41, 5.74) is 14.4. The van der Waals surface area contributed by atoms with Crippen LogP contribution in [0.2, 0.25) is 0 Å². The van der Waals surface area contributed by atoms with Gasteiger partial charge in [0.15, 0.2) is 0 Å². The van der Waals surface area contributed by atoms with Crippen molar-refractivity contribution in [2.24, 2.45) is 0 Å². The zero-order valence-corrected chi connectivity index (χ0v) is 31.7. The Morgan fingerprint density at radius 2 is 0.724 bits per heavy atom. The molecule has 2 nitrogen and oxygen atoms in total. The third-order valence-electron chi connectivity index (χ3n) is 11.5. The number of anilines is 3. The molecule has 0 spiro atoms. The molecule has 2 heteroatoms. The second kappa shape index (κ2) is 14.1. The maximum Gasteiger partial charge on any atom is 0.143 e. The summed E-state index contributed by atoms with van der Waals surface area (Å²) in [6, 6.07) is 80.6. The molecule has 0 amide bonds. The molecule has 10 aromatic carbocycles. The van der Waals surface area contributed by atoms with Crippen molar-refractivity contribution >= 4 is 60.5 Å². The van der Waals surface area contributed by atoms with Crippen LogP contribution >= 0.6 is 0 Å². The lowest BCUT2D eigenvalue weighted by Gasteiger charge is -2.26. The van der Waals surface area contributed by atoms with Gasteiger partial charge in [-0.2, -0.15) is 0 Å². The number of nitrogens with zero attached hydrogens (tertiary/aromatic N) is 1. The van der Waals surface area contributed by atoms with E-state index < -0.39 is 0 Å². The minimum absolute atomic E-state index is 0.893. The monoisotopic (exact) mass is 739 g/mol. The van der Waals surface area contributed by atoms with E-state index >= 15 is 0 Å². The number of fused-ring (bicyclic) bond motifs is 6. The SMILES string of the molecule is c1ccc(-c2ccc(N(c3ccc(-c4ccc5ccc6ccccc6c5c4)cc3)c3ccc(-c4ccc5oc6c(-c7ccccc7)cccc6c5c4)cc3)cc2)cc1. The van der Waals surface area contributed by atoms with E-state index in [1.165, 1.54) is 43.8 Å². The van der Waals surface area contributed by atoms with Gasteiger partial charge < -0.3 is 9.32 Å². The van der Waals surface area contributed by atoms with Gasteiger partial charge in [-0.3, -0.25) is 0 Å². The average molecular weight is 740 g/mol. The van der Waals surface area contributed by atoms with E-state index in [4.69, 9.17) is 4.42 Å². The largest absolute Gasteiger partial charge is 0.455 e. The second-order valence-corrected chi connectivity index (χ2v) is 14.9. The van der Waals surface area contributed by atoms with Gasteiger partial charge in [0.25, 0.3) is 0 Å². The predicted octanol–water partition coefficient (Wildman–Crippen LogP) is 16.0. The zero-order chi connectivity index (χ0) is 38.4. The van der Waals surface area contributed by atoms with Gasteiger partial charge in [0.05, 0.1) is 0 Å². The molecular weight excluding hydrogens is 703 g/mol. The molecule has 0 saturated heterocycles. The summed E-state index contributed by atoms with van der Waals surface area (Å²) < 4.78 is 6.48. The Balaban J connectivity index is 0.959. The average Bonchev–Trinajstić information content (AvgIpc) is 3.68. The van der Waals surface area contributed by atoms with Crippen molar-refractivity contribution in [3.05, 3.63) is 224 Å². The van der Waals surface area contributed by atoms with Crippen LogP contribution in [-0.2, 0) is 0 Å². The topological polar surface area (TPSA) is 16.4 Å². The number of hydrogen-bond donors (Lipinski definition) is 0. The lowest BCUT2D eigenvalue weighted by molar-refractivity contribution is 0.670. The molecule has 272 valence electrons. The van der Waals surface area contributed by atoms with Crippen LogP contribution in [0, 0.1) is 0 Å². The fourth-order valence-electron chi connectivity index (χ4n) is 8.49. The van der Waals surface area contributed by atoms with Crippen molar-refractivity contribution in [1.82, 2.24) is 0 Å². The molecule has 0 aliphatic heterocycles. The standard InChI is InChI=1S/C56H37NO/c1-3-10-38(11-4-1)39-22-29-47(30-23-39)57(48-31-24-40(25-32-48)45-21-20-44-19-18-43-14-7-8-15-50(43)53(44)36-45)49-33-26-41(27-34-49)46-28-35-55-54(37-46)52-17-9-16-51(56(52)58-55)42-12-5-2-6-13-42/h1-37H. The molecule has 1 heterocycles. The molecule has 58 heavy (non-hydrogen) atoms. The van der Waals surface area contributed by atoms with Crippen LogP contribution in [0.4, 0.5) is 17.1 Å². The Morgan fingerprint density at radius 3 is 1.36 bits per heavy atom. The van der Waals surface area contributed by atoms with Crippen molar-refractivity contribution in [3.63, 3.8) is 0 Å². The van der Waals surface area contributed by atoms with E-state index in [2.05, 4.69) is 223 Å². The Kier molecular flexibility index (Phi) is 8.19. The fraction of sp³-hybridized carbons (Fsp3) is 0. The third kappa shape index (κ3) is 6.00. The van der Waals surface area contributed by atoms with E-state index in [1.54, 1.807) is 0 Å². The Morgan fingerprint density at radius 1 is 0.276 bits per heavy atom. The van der Waals surface area contributed by atoms with Gasteiger partial charge in [-0.1, -0.05) is 170 Å². The van der Waals surface area contributed by atoms with Crippen molar-refractivity contribution in [2.75, 3.05) is 4.90 Å². The van der Waals surface area contributed by atoms with Crippen LogP contribution in [0.15, 0.2) is 229 Å². The van der Waals surface area contributed by atoms with Crippen LogP contribution in [0.3, 0.4) is 0 Å². The van der Waals surface area contributed by atoms with Crippen LogP contribution in [0.5, 0.6) is 0 Å². The summed E-state index contributed by atoms with van der Waals surface area (Å²) >= 11 is 0. The second-order valence-electron chi connectivity index (χ2n) is 14.9. The van der Waals surface area contributed by atoms with Gasteiger partial charge in [-0.25, -0.2) is 0 Å². The molecule has 0 bridgehead atoms. The molecule has 0 atom stereocenters. The quantitative estimate of drug-likeness (QED) is 0.151.